The summed E-state index contributed by atoms with van der Waals surface area (Å²) in [5.41, 5.74) is 1.24. The van der Waals surface area contributed by atoms with Crippen molar-refractivity contribution in [2.75, 3.05) is 38.2 Å². The summed E-state index contributed by atoms with van der Waals surface area (Å²) in [4.78, 5) is 3.90. The number of hydrogen-bond acceptors (Lipinski definition) is 6. The molecule has 0 bridgehead atoms. The summed E-state index contributed by atoms with van der Waals surface area (Å²) in [7, 11) is 1.69. The zero-order valence-electron chi connectivity index (χ0n) is 14.8. The number of rotatable bonds is 6. The van der Waals surface area contributed by atoms with Gasteiger partial charge in [-0.25, -0.2) is 4.68 Å². The molecule has 8 nitrogen and oxygen atoms in total. The number of aromatic nitrogens is 4. The lowest BCUT2D eigenvalue weighted by Gasteiger charge is -2.33. The third kappa shape index (κ3) is 3.70. The Morgan fingerprint density at radius 3 is 2.65 bits per heavy atom. The Balaban J connectivity index is 1.33. The van der Waals surface area contributed by atoms with Crippen LogP contribution in [0.15, 0.2) is 47.1 Å². The number of hydrogen-bond donors (Lipinski definition) is 1. The Bertz CT molecular complexity index is 807. The topological polar surface area (TPSA) is 73.7 Å². The molecule has 0 spiro atoms. The largest absolute Gasteiger partial charge is 0.497 e. The van der Waals surface area contributed by atoms with E-state index in [9.17, 15) is 0 Å². The average molecular weight is 355 g/mol. The molecule has 1 aliphatic heterocycles. The number of methoxy groups -OCH3 is 1. The zero-order chi connectivity index (χ0) is 17.8. The fraction of sp³-hybridized carbons (Fsp3) is 0.389. The van der Waals surface area contributed by atoms with Crippen molar-refractivity contribution in [2.45, 2.75) is 13.1 Å². The Labute approximate surface area is 152 Å². The molecule has 0 aliphatic carbocycles. The van der Waals surface area contributed by atoms with Gasteiger partial charge in [0.25, 0.3) is 0 Å². The number of benzene rings is 1. The van der Waals surface area contributed by atoms with Crippen LogP contribution in [0.1, 0.15) is 11.6 Å². The van der Waals surface area contributed by atoms with Gasteiger partial charge in [0.2, 0.25) is 5.82 Å². The SMILES string of the molecule is COc1ccc(N2CC[NH+](Cc3nnnn3Cc3ccco3)CC2)cc1. The van der Waals surface area contributed by atoms with Crippen molar-refractivity contribution in [3.63, 3.8) is 0 Å². The number of nitrogens with zero attached hydrogens (tertiary/aromatic N) is 5. The van der Waals surface area contributed by atoms with Crippen molar-refractivity contribution in [2.24, 2.45) is 0 Å². The van der Waals surface area contributed by atoms with E-state index >= 15 is 0 Å². The molecule has 3 aromatic rings. The van der Waals surface area contributed by atoms with E-state index < -0.39 is 0 Å². The molecule has 1 aromatic carbocycles. The van der Waals surface area contributed by atoms with Crippen molar-refractivity contribution in [3.05, 3.63) is 54.2 Å². The standard InChI is InChI=1S/C18H22N6O2/c1-25-16-6-4-15(5-7-16)23-10-8-22(9-11-23)14-18-19-20-21-24(18)13-17-3-2-12-26-17/h2-7,12H,8-11,13-14H2,1H3/p+1. The van der Waals surface area contributed by atoms with Crippen LogP contribution >= 0.6 is 0 Å². The van der Waals surface area contributed by atoms with Gasteiger partial charge in [-0.1, -0.05) is 0 Å². The second-order valence-electron chi connectivity index (χ2n) is 6.44. The number of ether oxygens (including phenoxy) is 1. The normalized spacial score (nSPS) is 15.3. The molecule has 3 heterocycles. The fourth-order valence-electron chi connectivity index (χ4n) is 3.30. The molecule has 1 aliphatic rings. The molecular weight excluding hydrogens is 332 g/mol. The molecule has 1 saturated heterocycles. The van der Waals surface area contributed by atoms with Gasteiger partial charge in [-0.05, 0) is 46.8 Å². The lowest BCUT2D eigenvalue weighted by Crippen LogP contribution is -3.13. The van der Waals surface area contributed by atoms with Crippen molar-refractivity contribution < 1.29 is 14.1 Å². The number of anilines is 1. The average Bonchev–Trinajstić information content (AvgIpc) is 3.35. The highest BCUT2D eigenvalue weighted by molar-refractivity contribution is 5.49. The summed E-state index contributed by atoms with van der Waals surface area (Å²) in [6, 6.07) is 12.1. The Hall–Kier alpha value is -2.87. The molecule has 0 amide bonds. The van der Waals surface area contributed by atoms with Gasteiger partial charge in [0.15, 0.2) is 0 Å². The van der Waals surface area contributed by atoms with Gasteiger partial charge < -0.3 is 19.0 Å². The first kappa shape index (κ1) is 16.6. The molecular formula is C18H23N6O2+. The number of tetrazole rings is 1. The van der Waals surface area contributed by atoms with Crippen LogP contribution in [0.2, 0.25) is 0 Å². The van der Waals surface area contributed by atoms with E-state index in [1.54, 1.807) is 13.4 Å². The maximum atomic E-state index is 5.39. The maximum Gasteiger partial charge on any atom is 0.206 e. The van der Waals surface area contributed by atoms with Gasteiger partial charge in [-0.2, -0.15) is 0 Å². The molecule has 1 N–H and O–H groups in total. The molecule has 26 heavy (non-hydrogen) atoms. The van der Waals surface area contributed by atoms with Crippen LogP contribution in [0.4, 0.5) is 5.69 Å². The van der Waals surface area contributed by atoms with E-state index in [1.165, 1.54) is 10.6 Å². The Morgan fingerprint density at radius 1 is 1.15 bits per heavy atom. The Morgan fingerprint density at radius 2 is 1.96 bits per heavy atom. The summed E-state index contributed by atoms with van der Waals surface area (Å²) >= 11 is 0. The van der Waals surface area contributed by atoms with Crippen molar-refractivity contribution in [3.8, 4) is 5.75 Å². The van der Waals surface area contributed by atoms with Crippen LogP contribution in [0.3, 0.4) is 0 Å². The summed E-state index contributed by atoms with van der Waals surface area (Å²) in [6.45, 7) is 5.53. The highest BCUT2D eigenvalue weighted by Gasteiger charge is 2.23. The van der Waals surface area contributed by atoms with E-state index in [-0.39, 0.29) is 0 Å². The molecule has 136 valence electrons. The van der Waals surface area contributed by atoms with Crippen molar-refractivity contribution in [1.29, 1.82) is 0 Å². The van der Waals surface area contributed by atoms with E-state index in [0.717, 1.165) is 50.1 Å². The first-order valence-electron chi connectivity index (χ1n) is 8.82. The van der Waals surface area contributed by atoms with Gasteiger partial charge in [-0.15, -0.1) is 5.10 Å². The molecule has 0 saturated carbocycles. The fourth-order valence-corrected chi connectivity index (χ4v) is 3.30. The lowest BCUT2D eigenvalue weighted by molar-refractivity contribution is -0.915. The van der Waals surface area contributed by atoms with Gasteiger partial charge in [-0.3, -0.25) is 0 Å². The van der Waals surface area contributed by atoms with Gasteiger partial charge >= 0.3 is 0 Å². The number of nitrogens with one attached hydrogen (secondary N) is 1. The molecule has 8 heteroatoms. The van der Waals surface area contributed by atoms with E-state index in [2.05, 4.69) is 32.6 Å². The third-order valence-corrected chi connectivity index (χ3v) is 4.81. The highest BCUT2D eigenvalue weighted by atomic mass is 16.5. The van der Waals surface area contributed by atoms with Crippen LogP contribution in [-0.2, 0) is 13.1 Å². The van der Waals surface area contributed by atoms with Crippen molar-refractivity contribution >= 4 is 5.69 Å². The van der Waals surface area contributed by atoms with E-state index in [0.29, 0.717) is 6.54 Å². The first-order valence-corrected chi connectivity index (χ1v) is 8.82. The minimum atomic E-state index is 0.570. The predicted octanol–water partition coefficient (Wildman–Crippen LogP) is 0.228. The van der Waals surface area contributed by atoms with Gasteiger partial charge in [0, 0.05) is 5.69 Å². The number of furan rings is 1. The summed E-state index contributed by atoms with van der Waals surface area (Å²) in [6.07, 6.45) is 1.67. The Kier molecular flexibility index (Phi) is 4.83. The quantitative estimate of drug-likeness (QED) is 0.682. The summed E-state index contributed by atoms with van der Waals surface area (Å²) in [5.74, 6) is 2.65. The third-order valence-electron chi connectivity index (χ3n) is 4.81. The van der Waals surface area contributed by atoms with Crippen LogP contribution < -0.4 is 14.5 Å². The zero-order valence-corrected chi connectivity index (χ0v) is 14.8. The van der Waals surface area contributed by atoms with E-state index in [4.69, 9.17) is 9.15 Å². The van der Waals surface area contributed by atoms with E-state index in [1.807, 2.05) is 28.9 Å². The molecule has 0 atom stereocenters. The minimum absolute atomic E-state index is 0.570. The predicted molar refractivity (Wildman–Crippen MR) is 95.2 cm³/mol. The molecule has 2 aromatic heterocycles. The van der Waals surface area contributed by atoms with Crippen LogP contribution in [0.5, 0.6) is 5.75 Å². The minimum Gasteiger partial charge on any atom is -0.497 e. The maximum absolute atomic E-state index is 5.39. The van der Waals surface area contributed by atoms with Crippen LogP contribution in [0.25, 0.3) is 0 Å². The van der Waals surface area contributed by atoms with Crippen LogP contribution in [0, 0.1) is 0 Å². The summed E-state index contributed by atoms with van der Waals surface area (Å²) < 4.78 is 12.4. The monoisotopic (exact) mass is 355 g/mol. The molecule has 0 radical (unpaired) electrons. The first-order chi connectivity index (χ1) is 12.8. The molecule has 0 unspecified atom stereocenters. The second-order valence-corrected chi connectivity index (χ2v) is 6.44. The lowest BCUT2D eigenvalue weighted by atomic mass is 10.2. The molecule has 1 fully saturated rings. The number of piperazine rings is 1. The van der Waals surface area contributed by atoms with Gasteiger partial charge in [0.1, 0.15) is 24.6 Å². The smallest absolute Gasteiger partial charge is 0.206 e. The highest BCUT2D eigenvalue weighted by Crippen LogP contribution is 2.19. The summed E-state index contributed by atoms with van der Waals surface area (Å²) in [5, 5.41) is 12.1. The second kappa shape index (κ2) is 7.57. The van der Waals surface area contributed by atoms with Gasteiger partial charge in [0.05, 0.1) is 39.6 Å². The molecule has 4 rings (SSSR count). The van der Waals surface area contributed by atoms with Crippen molar-refractivity contribution in [1.82, 2.24) is 20.2 Å². The van der Waals surface area contributed by atoms with Crippen LogP contribution in [-0.4, -0.2) is 53.5 Å². The number of quaternary nitrogens is 1.